The second-order valence-electron chi connectivity index (χ2n) is 6.24. The van der Waals surface area contributed by atoms with Crippen LogP contribution in [0.3, 0.4) is 0 Å². The Morgan fingerprint density at radius 2 is 1.81 bits per heavy atom. The molecule has 2 heterocycles. The highest BCUT2D eigenvalue weighted by Crippen LogP contribution is 2.34. The fourth-order valence-electron chi connectivity index (χ4n) is 3.17. The third kappa shape index (κ3) is 3.68. The third-order valence-corrected chi connectivity index (χ3v) is 5.30. The molecule has 1 aliphatic rings. The number of likely N-dealkylation sites (tertiary alicyclic amines) is 1. The molecule has 27 heavy (non-hydrogen) atoms. The summed E-state index contributed by atoms with van der Waals surface area (Å²) in [5.41, 5.74) is 1.21. The number of carbonyl (C=O) groups is 1. The molecule has 0 bridgehead atoms. The van der Waals surface area contributed by atoms with Crippen molar-refractivity contribution in [2.75, 3.05) is 6.54 Å². The van der Waals surface area contributed by atoms with E-state index in [4.69, 9.17) is 39.3 Å². The molecule has 3 aromatic rings. The van der Waals surface area contributed by atoms with E-state index in [1.54, 1.807) is 35.2 Å². The molecule has 2 aromatic carbocycles. The van der Waals surface area contributed by atoms with Crippen LogP contribution in [0.25, 0.3) is 11.4 Å². The van der Waals surface area contributed by atoms with Crippen LogP contribution in [0.4, 0.5) is 0 Å². The molecule has 1 amide bonds. The van der Waals surface area contributed by atoms with Crippen molar-refractivity contribution in [1.29, 1.82) is 0 Å². The summed E-state index contributed by atoms with van der Waals surface area (Å²) in [5, 5.41) is 5.49. The van der Waals surface area contributed by atoms with Crippen molar-refractivity contribution in [3.05, 3.63) is 69.0 Å². The minimum absolute atomic E-state index is 0.176. The maximum absolute atomic E-state index is 13.0. The Kier molecular flexibility index (Phi) is 5.08. The topological polar surface area (TPSA) is 59.2 Å². The molecule has 0 radical (unpaired) electrons. The summed E-state index contributed by atoms with van der Waals surface area (Å²) in [4.78, 5) is 19.2. The first-order valence-electron chi connectivity index (χ1n) is 8.38. The van der Waals surface area contributed by atoms with Gasteiger partial charge >= 0.3 is 0 Å². The number of carbonyl (C=O) groups excluding carboxylic acids is 1. The highest BCUT2D eigenvalue weighted by Gasteiger charge is 2.35. The van der Waals surface area contributed by atoms with Crippen molar-refractivity contribution in [2.45, 2.75) is 18.9 Å². The molecule has 1 unspecified atom stereocenters. The standard InChI is InChI=1S/C19H14Cl3N3O2/c20-12-5-3-11(4-6-12)17-23-18(27-24-17)16-2-1-9-25(16)19(26)14-8-7-13(21)10-15(14)22/h3-8,10,16H,1-2,9H2. The van der Waals surface area contributed by atoms with Crippen LogP contribution < -0.4 is 0 Å². The maximum atomic E-state index is 13.0. The predicted molar refractivity (Wildman–Crippen MR) is 104 cm³/mol. The van der Waals surface area contributed by atoms with Gasteiger partial charge in [-0.2, -0.15) is 4.98 Å². The van der Waals surface area contributed by atoms with Crippen LogP contribution >= 0.6 is 34.8 Å². The monoisotopic (exact) mass is 421 g/mol. The SMILES string of the molecule is O=C(c1ccc(Cl)cc1Cl)N1CCCC1c1nc(-c2ccc(Cl)cc2)no1. The second kappa shape index (κ2) is 7.50. The normalized spacial score (nSPS) is 16.7. The third-order valence-electron chi connectivity index (χ3n) is 4.50. The first-order valence-corrected chi connectivity index (χ1v) is 9.52. The minimum atomic E-state index is -0.280. The molecule has 1 aromatic heterocycles. The van der Waals surface area contributed by atoms with Crippen molar-refractivity contribution >= 4 is 40.7 Å². The van der Waals surface area contributed by atoms with E-state index in [1.807, 2.05) is 12.1 Å². The molecule has 8 heteroatoms. The van der Waals surface area contributed by atoms with Gasteiger partial charge in [0.15, 0.2) is 0 Å². The fraction of sp³-hybridized carbons (Fsp3) is 0.211. The average molecular weight is 423 g/mol. The average Bonchev–Trinajstić information content (AvgIpc) is 3.31. The van der Waals surface area contributed by atoms with Gasteiger partial charge in [-0.15, -0.1) is 0 Å². The first-order chi connectivity index (χ1) is 13.0. The lowest BCUT2D eigenvalue weighted by Crippen LogP contribution is -2.31. The molecule has 4 rings (SSSR count). The largest absolute Gasteiger partial charge is 0.337 e. The fourth-order valence-corrected chi connectivity index (χ4v) is 3.79. The summed E-state index contributed by atoms with van der Waals surface area (Å²) in [6, 6.07) is 11.7. The van der Waals surface area contributed by atoms with Crippen LogP contribution in [-0.4, -0.2) is 27.5 Å². The van der Waals surface area contributed by atoms with Crippen molar-refractivity contribution in [1.82, 2.24) is 15.0 Å². The van der Waals surface area contributed by atoms with Crippen LogP contribution in [0.15, 0.2) is 47.0 Å². The molecule has 1 saturated heterocycles. The molecule has 138 valence electrons. The number of amides is 1. The van der Waals surface area contributed by atoms with E-state index in [-0.39, 0.29) is 11.9 Å². The van der Waals surface area contributed by atoms with E-state index in [0.717, 1.165) is 18.4 Å². The maximum Gasteiger partial charge on any atom is 0.256 e. The Morgan fingerprint density at radius 1 is 1.07 bits per heavy atom. The molecular formula is C19H14Cl3N3O2. The van der Waals surface area contributed by atoms with Gasteiger partial charge in [0.2, 0.25) is 11.7 Å². The van der Waals surface area contributed by atoms with E-state index < -0.39 is 0 Å². The molecule has 1 aliphatic heterocycles. The Hall–Kier alpha value is -2.08. The van der Waals surface area contributed by atoms with Gasteiger partial charge in [0.1, 0.15) is 6.04 Å². The summed E-state index contributed by atoms with van der Waals surface area (Å²) >= 11 is 18.0. The molecule has 1 atom stereocenters. The zero-order valence-corrected chi connectivity index (χ0v) is 16.3. The van der Waals surface area contributed by atoms with Gasteiger partial charge in [0, 0.05) is 22.2 Å². The van der Waals surface area contributed by atoms with E-state index >= 15 is 0 Å². The Morgan fingerprint density at radius 3 is 2.56 bits per heavy atom. The number of halogens is 3. The lowest BCUT2D eigenvalue weighted by molar-refractivity contribution is 0.0710. The van der Waals surface area contributed by atoms with Crippen molar-refractivity contribution < 1.29 is 9.32 Å². The lowest BCUT2D eigenvalue weighted by atomic mass is 10.1. The van der Waals surface area contributed by atoms with Gasteiger partial charge in [-0.25, -0.2) is 0 Å². The van der Waals surface area contributed by atoms with Crippen molar-refractivity contribution in [2.24, 2.45) is 0 Å². The highest BCUT2D eigenvalue weighted by molar-refractivity contribution is 6.36. The summed E-state index contributed by atoms with van der Waals surface area (Å²) in [7, 11) is 0. The number of hydrogen-bond acceptors (Lipinski definition) is 4. The number of aromatic nitrogens is 2. The van der Waals surface area contributed by atoms with Crippen molar-refractivity contribution in [3.63, 3.8) is 0 Å². The van der Waals surface area contributed by atoms with Gasteiger partial charge in [0.05, 0.1) is 10.6 Å². The van der Waals surface area contributed by atoms with Gasteiger partial charge in [-0.05, 0) is 55.3 Å². The summed E-state index contributed by atoms with van der Waals surface area (Å²) < 4.78 is 5.46. The predicted octanol–water partition coefficient (Wildman–Crippen LogP) is 5.67. The Labute approximate surface area is 170 Å². The number of benzene rings is 2. The molecule has 0 saturated carbocycles. The van der Waals surface area contributed by atoms with Crippen LogP contribution in [0.5, 0.6) is 0 Å². The number of hydrogen-bond donors (Lipinski definition) is 0. The second-order valence-corrected chi connectivity index (χ2v) is 7.52. The highest BCUT2D eigenvalue weighted by atomic mass is 35.5. The molecule has 5 nitrogen and oxygen atoms in total. The van der Waals surface area contributed by atoms with E-state index in [0.29, 0.717) is 38.9 Å². The van der Waals surface area contributed by atoms with Gasteiger partial charge in [-0.3, -0.25) is 4.79 Å². The summed E-state index contributed by atoms with van der Waals surface area (Å²) in [5.74, 6) is 0.701. The zero-order chi connectivity index (χ0) is 19.0. The quantitative estimate of drug-likeness (QED) is 0.545. The van der Waals surface area contributed by atoms with Crippen LogP contribution in [0, 0.1) is 0 Å². The molecule has 1 fully saturated rings. The first kappa shape index (κ1) is 18.3. The minimum Gasteiger partial charge on any atom is -0.337 e. The summed E-state index contributed by atoms with van der Waals surface area (Å²) in [6.07, 6.45) is 1.60. The van der Waals surface area contributed by atoms with Crippen LogP contribution in [0.2, 0.25) is 15.1 Å². The van der Waals surface area contributed by atoms with E-state index in [2.05, 4.69) is 10.1 Å². The molecule has 0 spiro atoms. The smallest absolute Gasteiger partial charge is 0.256 e. The van der Waals surface area contributed by atoms with Gasteiger partial charge < -0.3 is 9.42 Å². The van der Waals surface area contributed by atoms with Crippen molar-refractivity contribution in [3.8, 4) is 11.4 Å². The van der Waals surface area contributed by atoms with E-state index in [9.17, 15) is 4.79 Å². The van der Waals surface area contributed by atoms with Crippen LogP contribution in [-0.2, 0) is 0 Å². The molecular weight excluding hydrogens is 409 g/mol. The van der Waals surface area contributed by atoms with Gasteiger partial charge in [-0.1, -0.05) is 40.0 Å². The zero-order valence-electron chi connectivity index (χ0n) is 14.0. The Balaban J connectivity index is 1.60. The van der Waals surface area contributed by atoms with Crippen LogP contribution in [0.1, 0.15) is 35.1 Å². The van der Waals surface area contributed by atoms with Gasteiger partial charge in [0.25, 0.3) is 5.91 Å². The number of rotatable bonds is 3. The number of nitrogens with zero attached hydrogens (tertiary/aromatic N) is 3. The molecule has 0 aliphatic carbocycles. The Bertz CT molecular complexity index is 988. The molecule has 0 N–H and O–H groups in total. The van der Waals surface area contributed by atoms with E-state index in [1.165, 1.54) is 0 Å². The lowest BCUT2D eigenvalue weighted by Gasteiger charge is -2.22. The summed E-state index contributed by atoms with van der Waals surface area (Å²) in [6.45, 7) is 0.598.